The predicted molar refractivity (Wildman–Crippen MR) is 71.9 cm³/mol. The lowest BCUT2D eigenvalue weighted by atomic mass is 9.96. The lowest BCUT2D eigenvalue weighted by molar-refractivity contribution is -0.173. The molecule has 1 aliphatic rings. The first-order valence-corrected chi connectivity index (χ1v) is 6.97. The minimum absolute atomic E-state index is 0.0170. The molecule has 0 saturated carbocycles. The third kappa shape index (κ3) is 3.07. The number of aryl methyl sites for hydroxylation is 1. The van der Waals surface area contributed by atoms with Crippen molar-refractivity contribution in [2.45, 2.75) is 26.0 Å². The van der Waals surface area contributed by atoms with Crippen LogP contribution in [-0.2, 0) is 20.9 Å². The zero-order chi connectivity index (χ0) is 14.9. The van der Waals surface area contributed by atoms with Gasteiger partial charge in [-0.25, -0.2) is 4.79 Å². The normalized spacial score (nSPS) is 16.8. The molecule has 7 nitrogen and oxygen atoms in total. The standard InChI is InChI=1S/C12H16N2O5S/c1-8-5-20-11(18)14(8)3-9(15)13-6-12(2,7-13)19-4-10(16)17/h5H,3-4,6-7H2,1-2H3,(H,16,17). The molecule has 1 amide bonds. The first-order chi connectivity index (χ1) is 9.31. The molecular formula is C12H16N2O5S. The Kier molecular flexibility index (Phi) is 3.96. The van der Waals surface area contributed by atoms with E-state index in [4.69, 9.17) is 9.84 Å². The summed E-state index contributed by atoms with van der Waals surface area (Å²) in [6, 6.07) is 0. The molecule has 1 saturated heterocycles. The van der Waals surface area contributed by atoms with Crippen molar-refractivity contribution in [3.8, 4) is 0 Å². The highest BCUT2D eigenvalue weighted by molar-refractivity contribution is 7.07. The smallest absolute Gasteiger partial charge is 0.329 e. The van der Waals surface area contributed by atoms with Gasteiger partial charge in [-0.15, -0.1) is 0 Å². The van der Waals surface area contributed by atoms with Crippen LogP contribution in [0.3, 0.4) is 0 Å². The number of rotatable bonds is 5. The van der Waals surface area contributed by atoms with Crippen LogP contribution >= 0.6 is 11.3 Å². The molecule has 0 bridgehead atoms. The molecule has 1 aromatic heterocycles. The number of nitrogens with zero attached hydrogens (tertiary/aromatic N) is 2. The lowest BCUT2D eigenvalue weighted by Gasteiger charge is -2.47. The van der Waals surface area contributed by atoms with E-state index in [1.165, 1.54) is 4.57 Å². The first kappa shape index (κ1) is 14.7. The minimum atomic E-state index is -1.03. The Hall–Kier alpha value is -1.67. The van der Waals surface area contributed by atoms with E-state index in [0.717, 1.165) is 17.0 Å². The molecule has 0 spiro atoms. The molecule has 1 aromatic rings. The number of carboxylic acids is 1. The molecule has 0 radical (unpaired) electrons. The molecule has 1 fully saturated rings. The third-order valence-electron chi connectivity index (χ3n) is 3.22. The molecule has 0 unspecified atom stereocenters. The molecule has 2 heterocycles. The van der Waals surface area contributed by atoms with Crippen LogP contribution in [0.5, 0.6) is 0 Å². The van der Waals surface area contributed by atoms with E-state index in [1.807, 2.05) is 0 Å². The van der Waals surface area contributed by atoms with Gasteiger partial charge in [-0.2, -0.15) is 0 Å². The number of amides is 1. The highest BCUT2D eigenvalue weighted by atomic mass is 32.1. The molecule has 1 aliphatic heterocycles. The zero-order valence-corrected chi connectivity index (χ0v) is 12.1. The van der Waals surface area contributed by atoms with Crippen molar-refractivity contribution in [1.82, 2.24) is 9.47 Å². The minimum Gasteiger partial charge on any atom is -0.480 e. The van der Waals surface area contributed by atoms with Crippen LogP contribution < -0.4 is 4.87 Å². The number of carbonyl (C=O) groups excluding carboxylic acids is 1. The summed E-state index contributed by atoms with van der Waals surface area (Å²) in [5, 5.41) is 10.3. The van der Waals surface area contributed by atoms with E-state index >= 15 is 0 Å². The molecule has 20 heavy (non-hydrogen) atoms. The van der Waals surface area contributed by atoms with Crippen LogP contribution in [0.2, 0.25) is 0 Å². The Morgan fingerprint density at radius 2 is 2.15 bits per heavy atom. The van der Waals surface area contributed by atoms with Crippen molar-refractivity contribution >= 4 is 23.2 Å². The Morgan fingerprint density at radius 1 is 1.50 bits per heavy atom. The number of hydrogen-bond acceptors (Lipinski definition) is 5. The van der Waals surface area contributed by atoms with Crippen molar-refractivity contribution < 1.29 is 19.4 Å². The number of carbonyl (C=O) groups is 2. The van der Waals surface area contributed by atoms with Gasteiger partial charge in [0.05, 0.1) is 13.1 Å². The van der Waals surface area contributed by atoms with Gasteiger partial charge < -0.3 is 14.7 Å². The van der Waals surface area contributed by atoms with Gasteiger partial charge in [0.15, 0.2) is 0 Å². The van der Waals surface area contributed by atoms with Crippen molar-refractivity contribution in [1.29, 1.82) is 0 Å². The highest BCUT2D eigenvalue weighted by Gasteiger charge is 2.42. The van der Waals surface area contributed by atoms with E-state index < -0.39 is 11.6 Å². The van der Waals surface area contributed by atoms with Crippen molar-refractivity contribution in [2.75, 3.05) is 19.7 Å². The summed E-state index contributed by atoms with van der Waals surface area (Å²) >= 11 is 1.07. The van der Waals surface area contributed by atoms with E-state index in [1.54, 1.807) is 24.1 Å². The molecular weight excluding hydrogens is 284 g/mol. The topological polar surface area (TPSA) is 88.8 Å². The Bertz CT molecular complexity index is 585. The highest BCUT2D eigenvalue weighted by Crippen LogP contribution is 2.24. The van der Waals surface area contributed by atoms with Gasteiger partial charge in [-0.3, -0.25) is 14.2 Å². The number of aliphatic carboxylic acids is 1. The van der Waals surface area contributed by atoms with Crippen LogP contribution in [0.15, 0.2) is 10.2 Å². The van der Waals surface area contributed by atoms with Crippen molar-refractivity contribution in [2.24, 2.45) is 0 Å². The van der Waals surface area contributed by atoms with Crippen LogP contribution in [0.4, 0.5) is 0 Å². The summed E-state index contributed by atoms with van der Waals surface area (Å²) in [6.07, 6.45) is 0. The average molecular weight is 300 g/mol. The van der Waals surface area contributed by atoms with Gasteiger partial charge >= 0.3 is 10.8 Å². The summed E-state index contributed by atoms with van der Waals surface area (Å²) in [4.78, 5) is 35.4. The number of aromatic nitrogens is 1. The summed E-state index contributed by atoms with van der Waals surface area (Å²) < 4.78 is 6.66. The Morgan fingerprint density at radius 3 is 2.65 bits per heavy atom. The van der Waals surface area contributed by atoms with Gasteiger partial charge in [-0.05, 0) is 13.8 Å². The van der Waals surface area contributed by atoms with Gasteiger partial charge in [0.25, 0.3) is 0 Å². The second kappa shape index (κ2) is 5.37. The van der Waals surface area contributed by atoms with E-state index in [-0.39, 0.29) is 23.9 Å². The zero-order valence-electron chi connectivity index (χ0n) is 11.3. The lowest BCUT2D eigenvalue weighted by Crippen LogP contribution is -2.64. The van der Waals surface area contributed by atoms with Crippen LogP contribution in [-0.4, -0.2) is 51.7 Å². The summed E-state index contributed by atoms with van der Waals surface area (Å²) in [6.45, 7) is 3.88. The fourth-order valence-corrected chi connectivity index (χ4v) is 2.83. The molecule has 110 valence electrons. The number of likely N-dealkylation sites (tertiary alicyclic amines) is 1. The van der Waals surface area contributed by atoms with E-state index in [9.17, 15) is 14.4 Å². The number of thiazole rings is 1. The predicted octanol–water partition coefficient (Wildman–Crippen LogP) is -0.0797. The van der Waals surface area contributed by atoms with Crippen molar-refractivity contribution in [3.63, 3.8) is 0 Å². The fourth-order valence-electron chi connectivity index (χ4n) is 2.10. The van der Waals surface area contributed by atoms with Gasteiger partial charge in [0, 0.05) is 11.1 Å². The second-order valence-corrected chi connectivity index (χ2v) is 5.93. The molecule has 2 rings (SSSR count). The number of ether oxygens (including phenoxy) is 1. The van der Waals surface area contributed by atoms with Crippen molar-refractivity contribution in [3.05, 3.63) is 20.7 Å². The monoisotopic (exact) mass is 300 g/mol. The van der Waals surface area contributed by atoms with Crippen LogP contribution in [0.1, 0.15) is 12.6 Å². The summed E-state index contributed by atoms with van der Waals surface area (Å²) in [5.41, 5.74) is 0.154. The van der Waals surface area contributed by atoms with E-state index in [0.29, 0.717) is 13.1 Å². The average Bonchev–Trinajstić information content (AvgIpc) is 2.64. The summed E-state index contributed by atoms with van der Waals surface area (Å²) in [5.74, 6) is -1.19. The van der Waals surface area contributed by atoms with Crippen LogP contribution in [0.25, 0.3) is 0 Å². The molecule has 0 aliphatic carbocycles. The van der Waals surface area contributed by atoms with Gasteiger partial charge in [-0.1, -0.05) is 11.3 Å². The SMILES string of the molecule is Cc1csc(=O)n1CC(=O)N1CC(C)(OCC(=O)O)C1. The molecule has 0 aromatic carbocycles. The summed E-state index contributed by atoms with van der Waals surface area (Å²) in [7, 11) is 0. The quantitative estimate of drug-likeness (QED) is 0.821. The second-order valence-electron chi connectivity index (χ2n) is 5.11. The van der Waals surface area contributed by atoms with Gasteiger partial charge in [0.1, 0.15) is 18.8 Å². The Balaban J connectivity index is 1.88. The maximum absolute atomic E-state index is 12.0. The third-order valence-corrected chi connectivity index (χ3v) is 4.10. The fraction of sp³-hybridized carbons (Fsp3) is 0.583. The van der Waals surface area contributed by atoms with Gasteiger partial charge in [0.2, 0.25) is 5.91 Å². The maximum atomic E-state index is 12.0. The molecule has 1 N–H and O–H groups in total. The largest absolute Gasteiger partial charge is 0.480 e. The number of hydrogen-bond donors (Lipinski definition) is 1. The first-order valence-electron chi connectivity index (χ1n) is 6.09. The molecule has 0 atom stereocenters. The van der Waals surface area contributed by atoms with E-state index in [2.05, 4.69) is 0 Å². The number of carboxylic acid groups (broad SMARTS) is 1. The van der Waals surface area contributed by atoms with Crippen LogP contribution in [0, 0.1) is 6.92 Å². The Labute approximate surface area is 119 Å². The molecule has 8 heteroatoms. The maximum Gasteiger partial charge on any atom is 0.329 e.